The third kappa shape index (κ3) is 6.58. The van der Waals surface area contributed by atoms with Crippen LogP contribution in [-0.4, -0.2) is 71.9 Å². The van der Waals surface area contributed by atoms with E-state index in [0.29, 0.717) is 13.2 Å². The molecular weight excluding hydrogens is 473 g/mol. The molecule has 0 unspecified atom stereocenters. The van der Waals surface area contributed by atoms with Crippen molar-refractivity contribution < 1.29 is 22.7 Å². The first-order valence-corrected chi connectivity index (χ1v) is 11.7. The number of halogens is 3. The molecule has 1 aromatic heterocycles. The van der Waals surface area contributed by atoms with Crippen molar-refractivity contribution in [1.29, 1.82) is 0 Å². The molecule has 0 amide bonds. The van der Waals surface area contributed by atoms with Crippen molar-refractivity contribution in [1.82, 2.24) is 19.6 Å². The molecule has 0 radical (unpaired) electrons. The fraction of sp³-hybridized carbons (Fsp3) is 0.346. The number of ether oxygens (including phenoxy) is 1. The topological polar surface area (TPSA) is 67.7 Å². The number of aromatic nitrogens is 2. The van der Waals surface area contributed by atoms with Crippen LogP contribution in [0.15, 0.2) is 53.5 Å². The van der Waals surface area contributed by atoms with E-state index < -0.39 is 17.5 Å². The Bertz CT molecular complexity index is 1270. The highest BCUT2D eigenvalue weighted by Crippen LogP contribution is 2.16. The third-order valence-electron chi connectivity index (χ3n) is 6.09. The molecule has 0 bridgehead atoms. The number of nitrogens with zero attached hydrogens (tertiary/aromatic N) is 4. The van der Waals surface area contributed by atoms with Crippen molar-refractivity contribution in [2.75, 3.05) is 46.4 Å². The first-order chi connectivity index (χ1) is 17.3. The van der Waals surface area contributed by atoms with Gasteiger partial charge in [0, 0.05) is 63.5 Å². The lowest BCUT2D eigenvalue weighted by Crippen LogP contribution is -2.45. The largest absolute Gasteiger partial charge is 0.464 e. The predicted molar refractivity (Wildman–Crippen MR) is 128 cm³/mol. The zero-order valence-electron chi connectivity index (χ0n) is 19.9. The number of benzene rings is 2. The maximum absolute atomic E-state index is 13.6. The van der Waals surface area contributed by atoms with Gasteiger partial charge in [-0.15, -0.1) is 0 Å². The van der Waals surface area contributed by atoms with Crippen LogP contribution in [-0.2, 0) is 22.4 Å². The molecule has 0 atom stereocenters. The van der Waals surface area contributed by atoms with Gasteiger partial charge in [-0.3, -0.25) is 14.5 Å². The van der Waals surface area contributed by atoms with E-state index in [-0.39, 0.29) is 35.6 Å². The first kappa shape index (κ1) is 25.6. The molecule has 2 heterocycles. The molecule has 4 rings (SSSR count). The number of esters is 1. The minimum Gasteiger partial charge on any atom is -0.464 e. The number of likely N-dealkylation sites (N-methyl/N-ethyl adjacent to an activating group) is 1. The molecule has 2 aromatic carbocycles. The van der Waals surface area contributed by atoms with Crippen LogP contribution in [0.25, 0.3) is 5.69 Å². The van der Waals surface area contributed by atoms with E-state index in [9.17, 15) is 22.8 Å². The molecule has 0 spiro atoms. The summed E-state index contributed by atoms with van der Waals surface area (Å²) in [5, 5.41) is 4.18. The van der Waals surface area contributed by atoms with Gasteiger partial charge in [-0.1, -0.05) is 24.3 Å². The van der Waals surface area contributed by atoms with Gasteiger partial charge < -0.3 is 9.64 Å². The number of piperazine rings is 1. The average Bonchev–Trinajstić information content (AvgIpc) is 2.85. The van der Waals surface area contributed by atoms with E-state index in [1.807, 2.05) is 0 Å². The van der Waals surface area contributed by atoms with E-state index in [1.54, 1.807) is 24.3 Å². The van der Waals surface area contributed by atoms with Gasteiger partial charge in [-0.25, -0.2) is 17.9 Å². The number of carbonyl (C=O) groups excluding carboxylic acids is 1. The molecule has 1 aliphatic rings. The Labute approximate surface area is 206 Å². The van der Waals surface area contributed by atoms with Crippen molar-refractivity contribution in [2.45, 2.75) is 12.8 Å². The van der Waals surface area contributed by atoms with E-state index >= 15 is 0 Å². The Morgan fingerprint density at radius 3 is 2.42 bits per heavy atom. The fourth-order valence-electron chi connectivity index (χ4n) is 4.01. The lowest BCUT2D eigenvalue weighted by Gasteiger charge is -2.32. The zero-order chi connectivity index (χ0) is 25.7. The van der Waals surface area contributed by atoms with Gasteiger partial charge in [0.05, 0.1) is 12.1 Å². The van der Waals surface area contributed by atoms with Crippen LogP contribution in [0.1, 0.15) is 16.8 Å². The van der Waals surface area contributed by atoms with Crippen LogP contribution in [0.4, 0.5) is 13.2 Å². The highest BCUT2D eigenvalue weighted by atomic mass is 19.2. The lowest BCUT2D eigenvalue weighted by molar-refractivity contribution is -0.143. The molecule has 0 saturated carbocycles. The van der Waals surface area contributed by atoms with Gasteiger partial charge >= 0.3 is 5.97 Å². The molecule has 1 saturated heterocycles. The van der Waals surface area contributed by atoms with E-state index in [4.69, 9.17) is 4.74 Å². The smallest absolute Gasteiger partial charge is 0.310 e. The van der Waals surface area contributed by atoms with Gasteiger partial charge in [0.1, 0.15) is 12.3 Å². The molecule has 0 aliphatic carbocycles. The van der Waals surface area contributed by atoms with E-state index in [0.717, 1.165) is 54.1 Å². The van der Waals surface area contributed by atoms with E-state index in [2.05, 4.69) is 21.9 Å². The summed E-state index contributed by atoms with van der Waals surface area (Å²) >= 11 is 0. The second-order valence-corrected chi connectivity index (χ2v) is 8.83. The minimum absolute atomic E-state index is 0.0549. The van der Waals surface area contributed by atoms with Crippen molar-refractivity contribution >= 4 is 5.97 Å². The fourth-order valence-corrected chi connectivity index (χ4v) is 4.01. The minimum atomic E-state index is -1.57. The molecular formula is C26H27F3N4O3. The summed E-state index contributed by atoms with van der Waals surface area (Å²) < 4.78 is 47.1. The third-order valence-corrected chi connectivity index (χ3v) is 6.09. The first-order valence-electron chi connectivity index (χ1n) is 11.7. The van der Waals surface area contributed by atoms with Crippen LogP contribution < -0.4 is 5.43 Å². The SMILES string of the molecule is CN1CCN(CCOC(=O)Cc2cccc(Cc3nn(-c4cc(F)c(F)c(F)c4)ccc3=O)c2)CC1. The molecule has 3 aromatic rings. The molecule has 10 heteroatoms. The van der Waals surface area contributed by atoms with Crippen LogP contribution in [0, 0.1) is 17.5 Å². The Hall–Kier alpha value is -3.50. The van der Waals surface area contributed by atoms with Gasteiger partial charge in [0.2, 0.25) is 5.43 Å². The quantitative estimate of drug-likeness (QED) is 0.350. The van der Waals surface area contributed by atoms with Gasteiger partial charge in [0.25, 0.3) is 0 Å². The average molecular weight is 501 g/mol. The summed E-state index contributed by atoms with van der Waals surface area (Å²) in [4.78, 5) is 29.2. The van der Waals surface area contributed by atoms with Crippen LogP contribution >= 0.6 is 0 Å². The molecule has 1 aliphatic heterocycles. The lowest BCUT2D eigenvalue weighted by atomic mass is 10.0. The summed E-state index contributed by atoms with van der Waals surface area (Å²) in [6.07, 6.45) is 1.49. The second-order valence-electron chi connectivity index (χ2n) is 8.83. The maximum atomic E-state index is 13.6. The van der Waals surface area contributed by atoms with Crippen molar-refractivity contribution in [3.05, 3.63) is 93.2 Å². The molecule has 36 heavy (non-hydrogen) atoms. The van der Waals surface area contributed by atoms with Crippen molar-refractivity contribution in [3.8, 4) is 5.69 Å². The predicted octanol–water partition coefficient (Wildman–Crippen LogP) is 2.57. The zero-order valence-corrected chi connectivity index (χ0v) is 19.9. The van der Waals surface area contributed by atoms with Crippen LogP contribution in [0.3, 0.4) is 0 Å². The summed E-state index contributed by atoms with van der Waals surface area (Å²) in [6, 6.07) is 9.98. The normalized spacial score (nSPS) is 14.7. The Morgan fingerprint density at radius 1 is 1.00 bits per heavy atom. The Balaban J connectivity index is 1.38. The van der Waals surface area contributed by atoms with Gasteiger partial charge in [-0.2, -0.15) is 5.10 Å². The number of hydrogen-bond donors (Lipinski definition) is 0. The standard InChI is InChI=1S/C26H27F3N4O3/c1-31-7-9-32(10-8-31)11-12-36-25(35)15-19-4-2-3-18(13-19)14-23-24(34)5-6-33(30-23)20-16-21(27)26(29)22(28)17-20/h2-6,13,16-17H,7-12,14-15H2,1H3. The Kier molecular flexibility index (Phi) is 8.17. The maximum Gasteiger partial charge on any atom is 0.310 e. The monoisotopic (exact) mass is 500 g/mol. The van der Waals surface area contributed by atoms with Gasteiger partial charge in [-0.05, 0) is 18.2 Å². The highest BCUT2D eigenvalue weighted by molar-refractivity contribution is 5.72. The summed E-state index contributed by atoms with van der Waals surface area (Å²) in [5.74, 6) is -4.61. The number of carbonyl (C=O) groups is 1. The second kappa shape index (κ2) is 11.5. The summed E-state index contributed by atoms with van der Waals surface area (Å²) in [6.45, 7) is 4.94. The van der Waals surface area contributed by atoms with E-state index in [1.165, 1.54) is 12.3 Å². The van der Waals surface area contributed by atoms with Crippen LogP contribution in [0.5, 0.6) is 0 Å². The molecule has 0 N–H and O–H groups in total. The molecule has 190 valence electrons. The number of hydrogen-bond acceptors (Lipinski definition) is 6. The molecule has 7 nitrogen and oxygen atoms in total. The van der Waals surface area contributed by atoms with Gasteiger partial charge in [0.15, 0.2) is 17.5 Å². The Morgan fingerprint density at radius 2 is 1.69 bits per heavy atom. The summed E-state index contributed by atoms with van der Waals surface area (Å²) in [5.41, 5.74) is 1.19. The van der Waals surface area contributed by atoms with Crippen LogP contribution in [0.2, 0.25) is 0 Å². The van der Waals surface area contributed by atoms with Crippen molar-refractivity contribution in [2.24, 2.45) is 0 Å². The summed E-state index contributed by atoms with van der Waals surface area (Å²) in [7, 11) is 2.09. The number of rotatable bonds is 8. The molecule has 1 fully saturated rings. The van der Waals surface area contributed by atoms with Crippen molar-refractivity contribution in [3.63, 3.8) is 0 Å². The highest BCUT2D eigenvalue weighted by Gasteiger charge is 2.15.